The Bertz CT molecular complexity index is 597. The van der Waals surface area contributed by atoms with Gasteiger partial charge in [-0.3, -0.25) is 24.6 Å². The predicted molar refractivity (Wildman–Crippen MR) is 77.4 cm³/mol. The summed E-state index contributed by atoms with van der Waals surface area (Å²) in [6.45, 7) is 7.53. The highest BCUT2D eigenvalue weighted by atomic mass is 16.2. The number of rotatable bonds is 2. The second kappa shape index (κ2) is 5.55. The number of nitrogens with two attached hydrogens (primary N) is 1. The largest absolute Gasteiger partial charge is 0.402 e. The SMILES string of the molecule is C=C1C(=C(/C)N)/C(=C\CC)C(=O)N1C1CCC(=O)NC1=O. The molecule has 0 bridgehead atoms. The molecule has 0 aromatic heterocycles. The summed E-state index contributed by atoms with van der Waals surface area (Å²) in [4.78, 5) is 37.2. The van der Waals surface area contributed by atoms with Crippen molar-refractivity contribution in [2.24, 2.45) is 5.73 Å². The van der Waals surface area contributed by atoms with Gasteiger partial charge in [-0.25, -0.2) is 0 Å². The molecule has 0 radical (unpaired) electrons. The lowest BCUT2D eigenvalue weighted by molar-refractivity contribution is -0.141. The van der Waals surface area contributed by atoms with E-state index in [2.05, 4.69) is 11.9 Å². The summed E-state index contributed by atoms with van der Waals surface area (Å²) >= 11 is 0. The second-order valence-electron chi connectivity index (χ2n) is 5.17. The number of nitrogens with one attached hydrogen (secondary N) is 1. The Balaban J connectivity index is 2.42. The maximum absolute atomic E-state index is 12.6. The van der Waals surface area contributed by atoms with E-state index in [0.717, 1.165) is 0 Å². The average molecular weight is 289 g/mol. The van der Waals surface area contributed by atoms with Gasteiger partial charge in [-0.2, -0.15) is 0 Å². The first kappa shape index (κ1) is 15.0. The number of amides is 3. The average Bonchev–Trinajstić information content (AvgIpc) is 2.63. The summed E-state index contributed by atoms with van der Waals surface area (Å²) < 4.78 is 0. The number of carbonyl (C=O) groups excluding carboxylic acids is 3. The quantitative estimate of drug-likeness (QED) is 0.578. The van der Waals surface area contributed by atoms with Crippen LogP contribution in [0.2, 0.25) is 0 Å². The van der Waals surface area contributed by atoms with Crippen LogP contribution in [0.15, 0.2) is 35.2 Å². The fourth-order valence-corrected chi connectivity index (χ4v) is 2.73. The van der Waals surface area contributed by atoms with Crippen LogP contribution in [0, 0.1) is 0 Å². The predicted octanol–water partition coefficient (Wildman–Crippen LogP) is 0.717. The topological polar surface area (TPSA) is 92.5 Å². The number of hydrogen-bond acceptors (Lipinski definition) is 4. The molecule has 6 nitrogen and oxygen atoms in total. The maximum Gasteiger partial charge on any atom is 0.259 e. The van der Waals surface area contributed by atoms with Gasteiger partial charge in [0.05, 0.1) is 0 Å². The third-order valence-corrected chi connectivity index (χ3v) is 3.62. The summed E-state index contributed by atoms with van der Waals surface area (Å²) in [6, 6.07) is -0.709. The molecule has 2 fully saturated rings. The van der Waals surface area contributed by atoms with Crippen LogP contribution in [0.4, 0.5) is 0 Å². The molecule has 6 heteroatoms. The number of likely N-dealkylation sites (tertiary alicyclic amines) is 1. The lowest BCUT2D eigenvalue weighted by Crippen LogP contribution is -2.52. The zero-order valence-corrected chi connectivity index (χ0v) is 12.2. The van der Waals surface area contributed by atoms with E-state index in [1.54, 1.807) is 13.0 Å². The summed E-state index contributed by atoms with van der Waals surface area (Å²) in [5.74, 6) is -1.06. The normalized spacial score (nSPS) is 27.4. The maximum atomic E-state index is 12.6. The molecule has 1 atom stereocenters. The molecule has 2 aliphatic heterocycles. The van der Waals surface area contributed by atoms with Crippen molar-refractivity contribution >= 4 is 17.7 Å². The number of allylic oxidation sites excluding steroid dienone is 3. The van der Waals surface area contributed by atoms with Crippen molar-refractivity contribution in [1.82, 2.24) is 10.2 Å². The van der Waals surface area contributed by atoms with E-state index >= 15 is 0 Å². The van der Waals surface area contributed by atoms with Gasteiger partial charge in [0.25, 0.3) is 5.91 Å². The first-order valence-corrected chi connectivity index (χ1v) is 6.91. The lowest BCUT2D eigenvalue weighted by atomic mass is 10.0. The molecule has 21 heavy (non-hydrogen) atoms. The summed E-state index contributed by atoms with van der Waals surface area (Å²) in [5, 5.41) is 2.26. The van der Waals surface area contributed by atoms with Gasteiger partial charge < -0.3 is 5.73 Å². The fraction of sp³-hybridized carbons (Fsp3) is 0.400. The van der Waals surface area contributed by atoms with E-state index in [1.165, 1.54) is 4.90 Å². The lowest BCUT2D eigenvalue weighted by Gasteiger charge is -2.29. The van der Waals surface area contributed by atoms with Crippen LogP contribution in [-0.2, 0) is 14.4 Å². The molecule has 112 valence electrons. The molecule has 0 aromatic rings. The van der Waals surface area contributed by atoms with Crippen molar-refractivity contribution in [3.8, 4) is 0 Å². The third kappa shape index (κ3) is 2.49. The van der Waals surface area contributed by atoms with E-state index in [9.17, 15) is 14.4 Å². The molecule has 1 unspecified atom stereocenters. The Labute approximate surface area is 123 Å². The first-order chi connectivity index (χ1) is 9.88. The monoisotopic (exact) mass is 289 g/mol. The van der Waals surface area contributed by atoms with Gasteiger partial charge >= 0.3 is 0 Å². The van der Waals surface area contributed by atoms with Crippen LogP contribution in [0.3, 0.4) is 0 Å². The number of hydrogen-bond donors (Lipinski definition) is 2. The second-order valence-corrected chi connectivity index (χ2v) is 5.17. The van der Waals surface area contributed by atoms with Gasteiger partial charge in [0, 0.05) is 29.0 Å². The Morgan fingerprint density at radius 1 is 1.48 bits per heavy atom. The Morgan fingerprint density at radius 2 is 2.14 bits per heavy atom. The van der Waals surface area contributed by atoms with Crippen molar-refractivity contribution in [3.63, 3.8) is 0 Å². The zero-order chi connectivity index (χ0) is 15.7. The Morgan fingerprint density at radius 3 is 2.67 bits per heavy atom. The standard InChI is InChI=1S/C15H19N3O3/c1-4-5-10-13(8(2)16)9(3)18(15(10)21)11-6-7-12(19)17-14(11)20/h5,11H,3-4,6-7,16H2,1-2H3,(H,17,19,20)/b10-5+,13-8+. The van der Waals surface area contributed by atoms with E-state index < -0.39 is 11.9 Å². The van der Waals surface area contributed by atoms with Crippen LogP contribution in [-0.4, -0.2) is 28.7 Å². The molecule has 0 aromatic carbocycles. The molecule has 2 saturated heterocycles. The number of imide groups is 1. The molecular weight excluding hydrogens is 270 g/mol. The summed E-state index contributed by atoms with van der Waals surface area (Å²) in [6.07, 6.45) is 2.96. The highest BCUT2D eigenvalue weighted by Crippen LogP contribution is 2.36. The molecule has 2 aliphatic rings. The van der Waals surface area contributed by atoms with Crippen LogP contribution in [0.25, 0.3) is 0 Å². The smallest absolute Gasteiger partial charge is 0.259 e. The van der Waals surface area contributed by atoms with Crippen LogP contribution in [0.5, 0.6) is 0 Å². The molecule has 2 heterocycles. The van der Waals surface area contributed by atoms with E-state index in [1.807, 2.05) is 6.92 Å². The van der Waals surface area contributed by atoms with Crippen molar-refractivity contribution in [1.29, 1.82) is 0 Å². The molecule has 0 aliphatic carbocycles. The Kier molecular flexibility index (Phi) is 3.97. The minimum atomic E-state index is -0.709. The number of nitrogens with zero attached hydrogens (tertiary/aromatic N) is 1. The van der Waals surface area contributed by atoms with Crippen molar-refractivity contribution in [2.75, 3.05) is 0 Å². The van der Waals surface area contributed by atoms with Crippen molar-refractivity contribution < 1.29 is 14.4 Å². The zero-order valence-electron chi connectivity index (χ0n) is 12.2. The third-order valence-electron chi connectivity index (χ3n) is 3.62. The first-order valence-electron chi connectivity index (χ1n) is 6.91. The molecule has 2 rings (SSSR count). The van der Waals surface area contributed by atoms with E-state index in [-0.39, 0.29) is 18.2 Å². The minimum Gasteiger partial charge on any atom is -0.402 e. The van der Waals surface area contributed by atoms with Crippen molar-refractivity contribution in [3.05, 3.63) is 35.2 Å². The Hall–Kier alpha value is -2.37. The summed E-state index contributed by atoms with van der Waals surface area (Å²) in [5.41, 5.74) is 7.85. The van der Waals surface area contributed by atoms with Gasteiger partial charge in [0.15, 0.2) is 0 Å². The van der Waals surface area contributed by atoms with Gasteiger partial charge in [0.2, 0.25) is 11.8 Å². The highest BCUT2D eigenvalue weighted by molar-refractivity contribution is 6.09. The van der Waals surface area contributed by atoms with E-state index in [0.29, 0.717) is 35.4 Å². The van der Waals surface area contributed by atoms with Gasteiger partial charge in [0.1, 0.15) is 6.04 Å². The molecule has 0 saturated carbocycles. The highest BCUT2D eigenvalue weighted by Gasteiger charge is 2.43. The van der Waals surface area contributed by atoms with Gasteiger partial charge in [-0.05, 0) is 19.8 Å². The van der Waals surface area contributed by atoms with E-state index in [4.69, 9.17) is 5.73 Å². The number of carbonyl (C=O) groups is 3. The fourth-order valence-electron chi connectivity index (χ4n) is 2.73. The number of piperidine rings is 1. The van der Waals surface area contributed by atoms with Crippen LogP contribution in [0.1, 0.15) is 33.1 Å². The van der Waals surface area contributed by atoms with Crippen LogP contribution < -0.4 is 11.1 Å². The molecule has 3 N–H and O–H groups in total. The summed E-state index contributed by atoms with van der Waals surface area (Å²) in [7, 11) is 0. The molecular formula is C15H19N3O3. The molecule has 0 spiro atoms. The van der Waals surface area contributed by atoms with Crippen molar-refractivity contribution in [2.45, 2.75) is 39.2 Å². The van der Waals surface area contributed by atoms with Gasteiger partial charge in [-0.15, -0.1) is 0 Å². The van der Waals surface area contributed by atoms with Gasteiger partial charge in [-0.1, -0.05) is 19.6 Å². The van der Waals surface area contributed by atoms with Crippen LogP contribution >= 0.6 is 0 Å². The minimum absolute atomic E-state index is 0.209. The molecule has 3 amide bonds.